The van der Waals surface area contributed by atoms with E-state index in [4.69, 9.17) is 4.98 Å². The molecular formula is C13H15BrN2S. The number of piperidine rings is 1. The van der Waals surface area contributed by atoms with Gasteiger partial charge in [0, 0.05) is 10.9 Å². The van der Waals surface area contributed by atoms with Crippen molar-refractivity contribution in [2.24, 2.45) is 5.92 Å². The van der Waals surface area contributed by atoms with Crippen LogP contribution in [0.1, 0.15) is 17.8 Å². The van der Waals surface area contributed by atoms with Gasteiger partial charge in [0.25, 0.3) is 0 Å². The molecule has 1 aliphatic rings. The van der Waals surface area contributed by atoms with E-state index in [0.717, 1.165) is 28.9 Å². The summed E-state index contributed by atoms with van der Waals surface area (Å²) in [5.74, 6) is 0.771. The van der Waals surface area contributed by atoms with Gasteiger partial charge in [-0.1, -0.05) is 15.9 Å². The van der Waals surface area contributed by atoms with Crippen molar-refractivity contribution in [3.05, 3.63) is 27.7 Å². The number of thiazole rings is 1. The Morgan fingerprint density at radius 3 is 3.24 bits per heavy atom. The van der Waals surface area contributed by atoms with Gasteiger partial charge in [-0.15, -0.1) is 11.3 Å². The number of nitrogens with one attached hydrogen (secondary N) is 1. The Bertz CT molecular complexity index is 517. The fourth-order valence-electron chi connectivity index (χ4n) is 2.38. The molecule has 0 bridgehead atoms. The molecule has 4 heteroatoms. The van der Waals surface area contributed by atoms with Crippen molar-refractivity contribution in [2.75, 3.05) is 13.1 Å². The van der Waals surface area contributed by atoms with Crippen LogP contribution in [0.3, 0.4) is 0 Å². The van der Waals surface area contributed by atoms with Crippen molar-refractivity contribution >= 4 is 37.5 Å². The smallest absolute Gasteiger partial charge is 0.0941 e. The van der Waals surface area contributed by atoms with Crippen molar-refractivity contribution in [1.29, 1.82) is 0 Å². The lowest BCUT2D eigenvalue weighted by atomic mass is 9.97. The summed E-state index contributed by atoms with van der Waals surface area (Å²) >= 11 is 5.33. The molecule has 1 fully saturated rings. The minimum absolute atomic E-state index is 0.771. The molecular weight excluding hydrogens is 296 g/mol. The second kappa shape index (κ2) is 5.04. The third kappa shape index (κ3) is 2.69. The highest BCUT2D eigenvalue weighted by atomic mass is 79.9. The van der Waals surface area contributed by atoms with E-state index in [2.05, 4.69) is 39.4 Å². The van der Waals surface area contributed by atoms with E-state index in [9.17, 15) is 0 Å². The molecule has 1 atom stereocenters. The van der Waals surface area contributed by atoms with Gasteiger partial charge in [0.1, 0.15) is 0 Å². The topological polar surface area (TPSA) is 24.9 Å². The first kappa shape index (κ1) is 11.6. The van der Waals surface area contributed by atoms with Crippen molar-refractivity contribution in [3.63, 3.8) is 0 Å². The monoisotopic (exact) mass is 310 g/mol. The lowest BCUT2D eigenvalue weighted by Gasteiger charge is -2.21. The summed E-state index contributed by atoms with van der Waals surface area (Å²) < 4.78 is 2.41. The number of rotatable bonds is 2. The van der Waals surface area contributed by atoms with Crippen LogP contribution in [0.15, 0.2) is 22.7 Å². The highest BCUT2D eigenvalue weighted by Crippen LogP contribution is 2.27. The fourth-order valence-corrected chi connectivity index (χ4v) is 3.79. The molecule has 17 heavy (non-hydrogen) atoms. The first-order valence-electron chi connectivity index (χ1n) is 6.07. The quantitative estimate of drug-likeness (QED) is 0.916. The molecule has 1 saturated heterocycles. The third-order valence-electron chi connectivity index (χ3n) is 3.26. The molecule has 0 amide bonds. The maximum absolute atomic E-state index is 4.73. The number of hydrogen-bond acceptors (Lipinski definition) is 3. The highest BCUT2D eigenvalue weighted by molar-refractivity contribution is 9.10. The van der Waals surface area contributed by atoms with Crippen LogP contribution in [0.4, 0.5) is 0 Å². The molecule has 2 aromatic rings. The Balaban J connectivity index is 1.80. The summed E-state index contributed by atoms with van der Waals surface area (Å²) in [7, 11) is 0. The molecule has 0 spiro atoms. The van der Waals surface area contributed by atoms with Crippen molar-refractivity contribution < 1.29 is 0 Å². The maximum Gasteiger partial charge on any atom is 0.0941 e. The van der Waals surface area contributed by atoms with Crippen LogP contribution in [-0.2, 0) is 6.42 Å². The molecule has 1 aliphatic heterocycles. The number of hydrogen-bond donors (Lipinski definition) is 1. The molecule has 1 aromatic carbocycles. The standard InChI is InChI=1S/C13H15BrN2S/c14-10-3-4-12-11(7-10)16-13(17-12)6-9-2-1-5-15-8-9/h3-4,7,9,15H,1-2,5-6,8H2. The van der Waals surface area contributed by atoms with Crippen LogP contribution < -0.4 is 5.32 Å². The van der Waals surface area contributed by atoms with Crippen molar-refractivity contribution in [3.8, 4) is 0 Å². The summed E-state index contributed by atoms with van der Waals surface area (Å²) in [6, 6.07) is 6.35. The normalized spacial score (nSPS) is 20.9. The van der Waals surface area contributed by atoms with Crippen molar-refractivity contribution in [1.82, 2.24) is 10.3 Å². The summed E-state index contributed by atoms with van der Waals surface area (Å²) in [5.41, 5.74) is 1.13. The molecule has 2 heterocycles. The zero-order valence-corrected chi connectivity index (χ0v) is 12.0. The molecule has 1 N–H and O–H groups in total. The number of aromatic nitrogens is 1. The minimum Gasteiger partial charge on any atom is -0.316 e. The van der Waals surface area contributed by atoms with E-state index in [1.165, 1.54) is 29.1 Å². The average Bonchev–Trinajstić information content (AvgIpc) is 2.71. The second-order valence-corrected chi connectivity index (χ2v) is 6.67. The van der Waals surface area contributed by atoms with Gasteiger partial charge in [-0.25, -0.2) is 4.98 Å². The molecule has 0 aliphatic carbocycles. The van der Waals surface area contributed by atoms with Crippen LogP contribution in [0.2, 0.25) is 0 Å². The van der Waals surface area contributed by atoms with E-state index < -0.39 is 0 Å². The lowest BCUT2D eigenvalue weighted by Crippen LogP contribution is -2.30. The number of fused-ring (bicyclic) bond motifs is 1. The first-order valence-corrected chi connectivity index (χ1v) is 7.68. The van der Waals surface area contributed by atoms with E-state index >= 15 is 0 Å². The van der Waals surface area contributed by atoms with E-state index in [1.54, 1.807) is 0 Å². The second-order valence-electron chi connectivity index (χ2n) is 4.64. The van der Waals surface area contributed by atoms with E-state index in [0.29, 0.717) is 0 Å². The van der Waals surface area contributed by atoms with Crippen molar-refractivity contribution in [2.45, 2.75) is 19.3 Å². The Labute approximate surface area is 114 Å². The van der Waals surface area contributed by atoms with Gasteiger partial charge in [0.15, 0.2) is 0 Å². The van der Waals surface area contributed by atoms with Gasteiger partial charge in [-0.3, -0.25) is 0 Å². The van der Waals surface area contributed by atoms with Gasteiger partial charge in [0.2, 0.25) is 0 Å². The third-order valence-corrected chi connectivity index (χ3v) is 4.81. The molecule has 1 aromatic heterocycles. The highest BCUT2D eigenvalue weighted by Gasteiger charge is 2.15. The fraction of sp³-hybridized carbons (Fsp3) is 0.462. The lowest BCUT2D eigenvalue weighted by molar-refractivity contribution is 0.376. The Kier molecular flexibility index (Phi) is 3.45. The van der Waals surface area contributed by atoms with Gasteiger partial charge in [-0.2, -0.15) is 0 Å². The van der Waals surface area contributed by atoms with Crippen LogP contribution in [0.25, 0.3) is 10.2 Å². The molecule has 2 nitrogen and oxygen atoms in total. The van der Waals surface area contributed by atoms with Gasteiger partial charge in [0.05, 0.1) is 15.2 Å². The zero-order valence-electron chi connectivity index (χ0n) is 9.58. The summed E-state index contributed by atoms with van der Waals surface area (Å²) in [5, 5.41) is 4.75. The average molecular weight is 311 g/mol. The summed E-state index contributed by atoms with van der Waals surface area (Å²) in [6.07, 6.45) is 3.78. The van der Waals surface area contributed by atoms with Gasteiger partial charge in [-0.05, 0) is 50.0 Å². The summed E-state index contributed by atoms with van der Waals surface area (Å²) in [4.78, 5) is 4.73. The predicted octanol–water partition coefficient (Wildman–Crippen LogP) is 3.60. The number of benzene rings is 1. The molecule has 0 saturated carbocycles. The van der Waals surface area contributed by atoms with Crippen LogP contribution in [-0.4, -0.2) is 18.1 Å². The summed E-state index contributed by atoms with van der Waals surface area (Å²) in [6.45, 7) is 2.34. The van der Waals surface area contributed by atoms with Crippen LogP contribution in [0.5, 0.6) is 0 Å². The maximum atomic E-state index is 4.73. The number of nitrogens with zero attached hydrogens (tertiary/aromatic N) is 1. The van der Waals surface area contributed by atoms with Crippen LogP contribution in [0, 0.1) is 5.92 Å². The SMILES string of the molecule is Brc1ccc2sc(CC3CCCNC3)nc2c1. The largest absolute Gasteiger partial charge is 0.316 e. The molecule has 1 unspecified atom stereocenters. The Morgan fingerprint density at radius 1 is 1.47 bits per heavy atom. The number of halogens is 1. The molecule has 0 radical (unpaired) electrons. The zero-order chi connectivity index (χ0) is 11.7. The molecule has 90 valence electrons. The Morgan fingerprint density at radius 2 is 2.41 bits per heavy atom. The van der Waals surface area contributed by atoms with E-state index in [1.807, 2.05) is 11.3 Å². The molecule has 3 rings (SSSR count). The van der Waals surface area contributed by atoms with Gasteiger partial charge < -0.3 is 5.32 Å². The minimum atomic E-state index is 0.771. The predicted molar refractivity (Wildman–Crippen MR) is 76.6 cm³/mol. The van der Waals surface area contributed by atoms with Gasteiger partial charge >= 0.3 is 0 Å². The van der Waals surface area contributed by atoms with Crippen LogP contribution >= 0.6 is 27.3 Å². The first-order chi connectivity index (χ1) is 8.31. The Hall–Kier alpha value is -0.450. The van der Waals surface area contributed by atoms with E-state index in [-0.39, 0.29) is 0 Å².